The van der Waals surface area contributed by atoms with E-state index in [2.05, 4.69) is 39.5 Å². The van der Waals surface area contributed by atoms with Crippen molar-refractivity contribution in [2.24, 2.45) is 0 Å². The zero-order valence-corrected chi connectivity index (χ0v) is 14.8. The van der Waals surface area contributed by atoms with Crippen LogP contribution in [0.25, 0.3) is 0 Å². The molecular formula is C20H19ClN4. The molecule has 0 aliphatic carbocycles. The predicted molar refractivity (Wildman–Crippen MR) is 103 cm³/mol. The van der Waals surface area contributed by atoms with E-state index in [1.807, 2.05) is 31.2 Å². The van der Waals surface area contributed by atoms with E-state index in [0.29, 0.717) is 0 Å². The monoisotopic (exact) mass is 350 g/mol. The van der Waals surface area contributed by atoms with E-state index in [1.54, 1.807) is 6.20 Å². The second kappa shape index (κ2) is 6.73. The molecule has 0 atom stereocenters. The van der Waals surface area contributed by atoms with Crippen LogP contribution >= 0.6 is 11.6 Å². The molecule has 0 saturated heterocycles. The quantitative estimate of drug-likeness (QED) is 0.740. The van der Waals surface area contributed by atoms with Crippen LogP contribution in [-0.2, 0) is 13.0 Å². The van der Waals surface area contributed by atoms with Gasteiger partial charge in [0.05, 0.1) is 0 Å². The van der Waals surface area contributed by atoms with Crippen LogP contribution in [0.3, 0.4) is 0 Å². The summed E-state index contributed by atoms with van der Waals surface area (Å²) in [5.41, 5.74) is 4.85. The zero-order valence-electron chi connectivity index (χ0n) is 14.0. The predicted octanol–water partition coefficient (Wildman–Crippen LogP) is 4.74. The Morgan fingerprint density at radius 2 is 1.92 bits per heavy atom. The van der Waals surface area contributed by atoms with Gasteiger partial charge in [-0.1, -0.05) is 35.9 Å². The summed E-state index contributed by atoms with van der Waals surface area (Å²) in [6.07, 6.45) is 2.82. The molecule has 0 bridgehead atoms. The Bertz CT molecular complexity index is 910. The first-order chi connectivity index (χ1) is 12.2. The van der Waals surface area contributed by atoms with Crippen molar-refractivity contribution < 1.29 is 0 Å². The Morgan fingerprint density at radius 1 is 1.08 bits per heavy atom. The number of nitrogens with zero attached hydrogens (tertiary/aromatic N) is 3. The van der Waals surface area contributed by atoms with Crippen molar-refractivity contribution in [3.8, 4) is 0 Å². The molecule has 25 heavy (non-hydrogen) atoms. The van der Waals surface area contributed by atoms with E-state index in [9.17, 15) is 0 Å². The normalized spacial score (nSPS) is 13.4. The number of halogens is 1. The molecule has 0 fully saturated rings. The summed E-state index contributed by atoms with van der Waals surface area (Å²) >= 11 is 6.03. The maximum absolute atomic E-state index is 6.03. The van der Waals surface area contributed by atoms with Gasteiger partial charge in [-0.25, -0.2) is 4.98 Å². The van der Waals surface area contributed by atoms with Crippen molar-refractivity contribution in [1.82, 2.24) is 9.97 Å². The highest BCUT2D eigenvalue weighted by Gasteiger charge is 2.18. The lowest BCUT2D eigenvalue weighted by atomic mass is 10.0. The first-order valence-electron chi connectivity index (χ1n) is 8.37. The summed E-state index contributed by atoms with van der Waals surface area (Å²) < 4.78 is 0. The van der Waals surface area contributed by atoms with Crippen LogP contribution < -0.4 is 10.2 Å². The molecule has 1 aromatic heterocycles. The molecule has 2 aromatic carbocycles. The summed E-state index contributed by atoms with van der Waals surface area (Å²) in [4.78, 5) is 11.4. The molecule has 3 aromatic rings. The Hall–Kier alpha value is -2.59. The second-order valence-corrected chi connectivity index (χ2v) is 6.70. The molecule has 1 aliphatic rings. The van der Waals surface area contributed by atoms with Gasteiger partial charge in [0.1, 0.15) is 5.82 Å². The van der Waals surface area contributed by atoms with Gasteiger partial charge in [0, 0.05) is 30.0 Å². The molecule has 0 amide bonds. The summed E-state index contributed by atoms with van der Waals surface area (Å²) in [5.74, 6) is 1.54. The number of anilines is 3. The highest BCUT2D eigenvalue weighted by molar-refractivity contribution is 6.30. The van der Waals surface area contributed by atoms with Gasteiger partial charge in [-0.15, -0.1) is 0 Å². The Kier molecular flexibility index (Phi) is 4.28. The topological polar surface area (TPSA) is 41.1 Å². The fourth-order valence-electron chi connectivity index (χ4n) is 3.14. The van der Waals surface area contributed by atoms with E-state index in [4.69, 9.17) is 16.6 Å². The first kappa shape index (κ1) is 15.9. The van der Waals surface area contributed by atoms with Crippen LogP contribution in [-0.4, -0.2) is 16.5 Å². The number of benzene rings is 2. The van der Waals surface area contributed by atoms with Gasteiger partial charge in [0.15, 0.2) is 0 Å². The molecule has 0 spiro atoms. The fraction of sp³-hybridized carbons (Fsp3) is 0.200. The van der Waals surface area contributed by atoms with Crippen LogP contribution in [0.5, 0.6) is 0 Å². The molecule has 126 valence electrons. The highest BCUT2D eigenvalue weighted by atomic mass is 35.5. The minimum absolute atomic E-state index is 0.735. The molecule has 0 radical (unpaired) electrons. The zero-order chi connectivity index (χ0) is 17.2. The third-order valence-corrected chi connectivity index (χ3v) is 4.74. The third-order valence-electron chi connectivity index (χ3n) is 4.51. The van der Waals surface area contributed by atoms with Crippen molar-refractivity contribution in [2.75, 3.05) is 16.8 Å². The molecule has 0 unspecified atom stereocenters. The van der Waals surface area contributed by atoms with Crippen molar-refractivity contribution in [2.45, 2.75) is 19.9 Å². The summed E-state index contributed by atoms with van der Waals surface area (Å²) in [6.45, 7) is 3.80. The van der Waals surface area contributed by atoms with E-state index in [-0.39, 0.29) is 0 Å². The van der Waals surface area contributed by atoms with Crippen LogP contribution in [0.4, 0.5) is 17.5 Å². The number of hydrogen-bond donors (Lipinski definition) is 1. The minimum atomic E-state index is 0.735. The summed E-state index contributed by atoms with van der Waals surface area (Å²) in [5, 5.41) is 4.10. The van der Waals surface area contributed by atoms with Crippen LogP contribution in [0.1, 0.15) is 16.7 Å². The number of hydrogen-bond acceptors (Lipinski definition) is 4. The van der Waals surface area contributed by atoms with Gasteiger partial charge >= 0.3 is 0 Å². The molecule has 2 heterocycles. The van der Waals surface area contributed by atoms with Gasteiger partial charge in [-0.3, -0.25) is 0 Å². The molecule has 4 rings (SSSR count). The average molecular weight is 351 g/mol. The van der Waals surface area contributed by atoms with Crippen molar-refractivity contribution in [1.29, 1.82) is 0 Å². The van der Waals surface area contributed by atoms with Crippen LogP contribution in [0.15, 0.2) is 54.7 Å². The van der Waals surface area contributed by atoms with Gasteiger partial charge in [-0.2, -0.15) is 4.98 Å². The molecule has 4 nitrogen and oxygen atoms in total. The lowest BCUT2D eigenvalue weighted by Crippen LogP contribution is -2.31. The average Bonchev–Trinajstić information content (AvgIpc) is 2.64. The maximum atomic E-state index is 6.03. The largest absolute Gasteiger partial charge is 0.340 e. The molecule has 0 saturated carbocycles. The van der Waals surface area contributed by atoms with Crippen LogP contribution in [0, 0.1) is 6.92 Å². The SMILES string of the molecule is Cc1cc(Cl)ccc1Nc1ccnc(N2CCc3ccccc3C2)n1. The number of nitrogens with one attached hydrogen (secondary N) is 1. The van der Waals surface area contributed by atoms with Gasteiger partial charge < -0.3 is 10.2 Å². The van der Waals surface area contributed by atoms with Crippen molar-refractivity contribution in [3.05, 3.63) is 76.4 Å². The van der Waals surface area contributed by atoms with Gasteiger partial charge in [0.25, 0.3) is 0 Å². The van der Waals surface area contributed by atoms with E-state index < -0.39 is 0 Å². The van der Waals surface area contributed by atoms with E-state index in [1.165, 1.54) is 11.1 Å². The fourth-order valence-corrected chi connectivity index (χ4v) is 3.37. The van der Waals surface area contributed by atoms with Crippen LogP contribution in [0.2, 0.25) is 5.02 Å². The number of fused-ring (bicyclic) bond motifs is 1. The van der Waals surface area contributed by atoms with Gasteiger partial charge in [0.2, 0.25) is 5.95 Å². The van der Waals surface area contributed by atoms with E-state index >= 15 is 0 Å². The standard InChI is InChI=1S/C20H19ClN4/c1-14-12-17(21)6-7-18(14)23-19-8-10-22-20(24-19)25-11-9-15-4-2-3-5-16(15)13-25/h2-8,10,12H,9,11,13H2,1H3,(H,22,23,24). The second-order valence-electron chi connectivity index (χ2n) is 6.27. The third kappa shape index (κ3) is 3.44. The van der Waals surface area contributed by atoms with E-state index in [0.717, 1.165) is 47.6 Å². The highest BCUT2D eigenvalue weighted by Crippen LogP contribution is 2.25. The molecule has 5 heteroatoms. The maximum Gasteiger partial charge on any atom is 0.227 e. The smallest absolute Gasteiger partial charge is 0.227 e. The minimum Gasteiger partial charge on any atom is -0.340 e. The molecule has 1 aliphatic heterocycles. The number of aromatic nitrogens is 2. The number of rotatable bonds is 3. The lowest BCUT2D eigenvalue weighted by Gasteiger charge is -2.29. The van der Waals surface area contributed by atoms with Crippen molar-refractivity contribution in [3.63, 3.8) is 0 Å². The van der Waals surface area contributed by atoms with Crippen molar-refractivity contribution >= 4 is 29.1 Å². The Labute approximate surface area is 152 Å². The Morgan fingerprint density at radius 3 is 2.76 bits per heavy atom. The van der Waals surface area contributed by atoms with Gasteiger partial charge in [-0.05, 0) is 54.3 Å². The number of aryl methyl sites for hydroxylation is 1. The summed E-state index contributed by atoms with van der Waals surface area (Å²) in [7, 11) is 0. The molecular weight excluding hydrogens is 332 g/mol. The Balaban J connectivity index is 1.56. The summed E-state index contributed by atoms with van der Waals surface area (Å²) in [6, 6.07) is 16.2. The lowest BCUT2D eigenvalue weighted by molar-refractivity contribution is 0.708. The molecule has 1 N–H and O–H groups in total. The first-order valence-corrected chi connectivity index (χ1v) is 8.75.